The molecule has 3 rings (SSSR count). The molecule has 1 heterocycles. The van der Waals surface area contributed by atoms with E-state index >= 15 is 0 Å². The summed E-state index contributed by atoms with van der Waals surface area (Å²) in [5, 5.41) is 0.835. The molecule has 0 aliphatic heterocycles. The monoisotopic (exact) mass is 362 g/mol. The fraction of sp³-hybridized carbons (Fsp3) is 0.118. The van der Waals surface area contributed by atoms with E-state index in [4.69, 9.17) is 16.0 Å². The van der Waals surface area contributed by atoms with Crippen LogP contribution in [0.4, 0.5) is 0 Å². The van der Waals surface area contributed by atoms with E-state index in [1.54, 1.807) is 18.2 Å². The quantitative estimate of drug-likeness (QED) is 0.557. The van der Waals surface area contributed by atoms with Gasteiger partial charge in [-0.05, 0) is 24.6 Å². The highest BCUT2D eigenvalue weighted by Gasteiger charge is 2.20. The zero-order valence-electron chi connectivity index (χ0n) is 11.3. The lowest BCUT2D eigenvalue weighted by atomic mass is 10.0. The van der Waals surface area contributed by atoms with E-state index in [1.807, 2.05) is 37.3 Å². The predicted octanol–water partition coefficient (Wildman–Crippen LogP) is 5.57. The highest BCUT2D eigenvalue weighted by molar-refractivity contribution is 9.09. The van der Waals surface area contributed by atoms with Gasteiger partial charge in [-0.3, -0.25) is 4.79 Å². The van der Waals surface area contributed by atoms with Gasteiger partial charge in [0.05, 0.1) is 20.8 Å². The first-order chi connectivity index (χ1) is 10.1. The van der Waals surface area contributed by atoms with Gasteiger partial charge in [0.2, 0.25) is 5.43 Å². The van der Waals surface area contributed by atoms with Crippen LogP contribution in [0.2, 0.25) is 5.02 Å². The average Bonchev–Trinajstić information content (AvgIpc) is 2.47. The largest absolute Gasteiger partial charge is 0.459 e. The minimum atomic E-state index is -0.102. The van der Waals surface area contributed by atoms with E-state index in [0.29, 0.717) is 27.3 Å². The Balaban J connectivity index is 2.47. The van der Waals surface area contributed by atoms with Crippen LogP contribution < -0.4 is 5.43 Å². The molecule has 21 heavy (non-hydrogen) atoms. The SMILES string of the molecule is CC(Br)c1oc2cccc(Cl)c2c(=O)c1-c1ccccc1. The van der Waals surface area contributed by atoms with Crippen molar-refractivity contribution in [3.8, 4) is 11.1 Å². The van der Waals surface area contributed by atoms with Crippen molar-refractivity contribution in [3.63, 3.8) is 0 Å². The van der Waals surface area contributed by atoms with Crippen molar-refractivity contribution >= 4 is 38.5 Å². The van der Waals surface area contributed by atoms with Crippen LogP contribution in [0, 0.1) is 0 Å². The third kappa shape index (κ3) is 2.52. The summed E-state index contributed by atoms with van der Waals surface area (Å²) in [6.45, 7) is 1.93. The van der Waals surface area contributed by atoms with Crippen LogP contribution in [0.5, 0.6) is 0 Å². The molecule has 3 aromatic rings. The normalized spacial score (nSPS) is 12.5. The molecule has 0 N–H and O–H groups in total. The number of halogens is 2. The first kappa shape index (κ1) is 14.4. The molecule has 0 bridgehead atoms. The van der Waals surface area contributed by atoms with E-state index < -0.39 is 0 Å². The standard InChI is InChI=1S/C17H12BrClO2/c1-10(18)17-14(11-6-3-2-4-7-11)16(20)15-12(19)8-5-9-13(15)21-17/h2-10H,1H3. The molecule has 0 saturated heterocycles. The Morgan fingerprint density at radius 2 is 1.81 bits per heavy atom. The first-order valence-corrected chi connectivity index (χ1v) is 7.83. The highest BCUT2D eigenvalue weighted by atomic mass is 79.9. The first-order valence-electron chi connectivity index (χ1n) is 6.54. The molecule has 0 amide bonds. The lowest BCUT2D eigenvalue weighted by molar-refractivity contribution is 0.544. The van der Waals surface area contributed by atoms with Gasteiger partial charge < -0.3 is 4.42 Å². The molecule has 0 fully saturated rings. The van der Waals surface area contributed by atoms with Gasteiger partial charge in [-0.15, -0.1) is 0 Å². The second kappa shape index (κ2) is 5.66. The molecule has 0 spiro atoms. The van der Waals surface area contributed by atoms with Gasteiger partial charge in [0.25, 0.3) is 0 Å². The van der Waals surface area contributed by atoms with E-state index in [1.165, 1.54) is 0 Å². The van der Waals surface area contributed by atoms with Gasteiger partial charge >= 0.3 is 0 Å². The smallest absolute Gasteiger partial charge is 0.202 e. The maximum Gasteiger partial charge on any atom is 0.202 e. The molecule has 2 nitrogen and oxygen atoms in total. The van der Waals surface area contributed by atoms with Crippen LogP contribution in [0.1, 0.15) is 17.5 Å². The second-order valence-corrected chi connectivity index (χ2v) is 6.55. The summed E-state index contributed by atoms with van der Waals surface area (Å²) in [5.74, 6) is 0.612. The zero-order valence-corrected chi connectivity index (χ0v) is 13.6. The molecule has 0 saturated carbocycles. The summed E-state index contributed by atoms with van der Waals surface area (Å²) in [6, 6.07) is 14.7. The Bertz CT molecular complexity index is 854. The van der Waals surface area contributed by atoms with Gasteiger partial charge in [0.1, 0.15) is 11.3 Å². The molecule has 1 unspecified atom stereocenters. The fourth-order valence-electron chi connectivity index (χ4n) is 2.37. The molecule has 4 heteroatoms. The van der Waals surface area contributed by atoms with Crippen molar-refractivity contribution in [2.24, 2.45) is 0 Å². The maximum atomic E-state index is 12.9. The van der Waals surface area contributed by atoms with Gasteiger partial charge in [-0.2, -0.15) is 0 Å². The molecule has 0 aliphatic carbocycles. The Morgan fingerprint density at radius 3 is 2.48 bits per heavy atom. The average molecular weight is 364 g/mol. The van der Waals surface area contributed by atoms with Gasteiger partial charge in [-0.25, -0.2) is 0 Å². The lowest BCUT2D eigenvalue weighted by Crippen LogP contribution is -2.10. The lowest BCUT2D eigenvalue weighted by Gasteiger charge is -2.12. The van der Waals surface area contributed by atoms with Crippen LogP contribution in [0.15, 0.2) is 57.7 Å². The van der Waals surface area contributed by atoms with E-state index in [9.17, 15) is 4.79 Å². The predicted molar refractivity (Wildman–Crippen MR) is 90.3 cm³/mol. The number of fused-ring (bicyclic) bond motifs is 1. The van der Waals surface area contributed by atoms with Crippen LogP contribution >= 0.6 is 27.5 Å². The van der Waals surface area contributed by atoms with Crippen LogP contribution in [-0.2, 0) is 0 Å². The number of rotatable bonds is 2. The second-order valence-electron chi connectivity index (χ2n) is 4.77. The maximum absolute atomic E-state index is 12.9. The fourth-order valence-corrected chi connectivity index (χ4v) is 2.95. The summed E-state index contributed by atoms with van der Waals surface area (Å²) >= 11 is 9.69. The third-order valence-electron chi connectivity index (χ3n) is 3.32. The van der Waals surface area contributed by atoms with E-state index in [2.05, 4.69) is 15.9 Å². The molecular weight excluding hydrogens is 352 g/mol. The molecule has 2 aromatic carbocycles. The van der Waals surface area contributed by atoms with Crippen LogP contribution in [0.25, 0.3) is 22.1 Å². The van der Waals surface area contributed by atoms with E-state index in [-0.39, 0.29) is 10.3 Å². The molecule has 106 valence electrons. The van der Waals surface area contributed by atoms with Crippen molar-refractivity contribution < 1.29 is 4.42 Å². The number of hydrogen-bond acceptors (Lipinski definition) is 2. The van der Waals surface area contributed by atoms with Crippen molar-refractivity contribution in [2.45, 2.75) is 11.8 Å². The van der Waals surface area contributed by atoms with Gasteiger partial charge in [0, 0.05) is 0 Å². The third-order valence-corrected chi connectivity index (χ3v) is 4.05. The number of alkyl halides is 1. The number of benzene rings is 2. The Kier molecular flexibility index (Phi) is 3.87. The van der Waals surface area contributed by atoms with E-state index in [0.717, 1.165) is 5.56 Å². The zero-order chi connectivity index (χ0) is 15.0. The minimum Gasteiger partial charge on any atom is -0.459 e. The Morgan fingerprint density at radius 1 is 1.10 bits per heavy atom. The Labute approximate surface area is 135 Å². The topological polar surface area (TPSA) is 30.2 Å². The van der Waals surface area contributed by atoms with Gasteiger partial charge in [-0.1, -0.05) is 63.9 Å². The molecule has 1 atom stereocenters. The summed E-state index contributed by atoms with van der Waals surface area (Å²) in [5.41, 5.74) is 1.79. The summed E-state index contributed by atoms with van der Waals surface area (Å²) < 4.78 is 5.94. The molecule has 0 radical (unpaired) electrons. The van der Waals surface area contributed by atoms with Crippen molar-refractivity contribution in [2.75, 3.05) is 0 Å². The van der Waals surface area contributed by atoms with Crippen LogP contribution in [0.3, 0.4) is 0 Å². The number of hydrogen-bond donors (Lipinski definition) is 0. The molecule has 0 aliphatic rings. The Hall–Kier alpha value is -1.58. The van der Waals surface area contributed by atoms with Crippen molar-refractivity contribution in [1.82, 2.24) is 0 Å². The van der Waals surface area contributed by atoms with Gasteiger partial charge in [0.15, 0.2) is 0 Å². The summed E-state index contributed by atoms with van der Waals surface area (Å²) in [4.78, 5) is 12.8. The van der Waals surface area contributed by atoms with Crippen molar-refractivity contribution in [3.05, 3.63) is 69.5 Å². The molecule has 1 aromatic heterocycles. The molecular formula is C17H12BrClO2. The highest BCUT2D eigenvalue weighted by Crippen LogP contribution is 2.34. The van der Waals surface area contributed by atoms with Crippen LogP contribution in [-0.4, -0.2) is 0 Å². The summed E-state index contributed by atoms with van der Waals surface area (Å²) in [7, 11) is 0. The van der Waals surface area contributed by atoms with Crippen molar-refractivity contribution in [1.29, 1.82) is 0 Å². The minimum absolute atomic E-state index is 0.0798. The summed E-state index contributed by atoms with van der Waals surface area (Å²) in [6.07, 6.45) is 0.